The van der Waals surface area contributed by atoms with E-state index >= 15 is 0 Å². The van der Waals surface area contributed by atoms with Gasteiger partial charge in [0.05, 0.1) is 0 Å². The molecular weight excluding hydrogens is 848 g/mol. The molecule has 0 amide bonds. The normalized spacial score (nSPS) is 15.0. The summed E-state index contributed by atoms with van der Waals surface area (Å²) in [6.07, 6.45) is 17.8. The molecule has 10 radical (unpaired) electrons. The molecule has 2 aliphatic rings. The van der Waals surface area contributed by atoms with Gasteiger partial charge in [-0.05, 0) is 134 Å². The molecule has 4 aromatic carbocycles. The summed E-state index contributed by atoms with van der Waals surface area (Å²) in [5.41, 5.74) is 8.80. The second-order valence-electron chi connectivity index (χ2n) is 13.9. The van der Waals surface area contributed by atoms with Gasteiger partial charge in [0.15, 0.2) is 0 Å². The van der Waals surface area contributed by atoms with Gasteiger partial charge in [-0.3, -0.25) is 0 Å². The fourth-order valence-electron chi connectivity index (χ4n) is 6.56. The van der Waals surface area contributed by atoms with Crippen molar-refractivity contribution in [1.82, 2.24) is 0 Å². The van der Waals surface area contributed by atoms with Gasteiger partial charge in [0.25, 0.3) is 0 Å². The zero-order chi connectivity index (χ0) is 36.9. The van der Waals surface area contributed by atoms with E-state index in [1.807, 2.05) is 0 Å². The molecule has 0 aliphatic heterocycles. The van der Waals surface area contributed by atoms with Gasteiger partial charge >= 0.3 is 52.1 Å². The van der Waals surface area contributed by atoms with Crippen LogP contribution in [0.2, 0.25) is 0 Å². The Labute approximate surface area is 347 Å². The zero-order valence-electron chi connectivity index (χ0n) is 31.5. The Morgan fingerprint density at radius 1 is 0.385 bits per heavy atom. The third-order valence-corrected chi connectivity index (χ3v) is 14.2. The first-order valence-electron chi connectivity index (χ1n) is 17.8. The Balaban J connectivity index is 0.000000256. The summed E-state index contributed by atoms with van der Waals surface area (Å²) in [6.45, 7) is 18.4. The Kier molecular flexibility index (Phi) is 20.8. The smallest absolute Gasteiger partial charge is 2.00 e. The van der Waals surface area contributed by atoms with Gasteiger partial charge in [0, 0.05) is 11.3 Å². The molecular formula is C46H52Cl2FeP2Pd+2. The second kappa shape index (κ2) is 23.5. The largest absolute Gasteiger partial charge is 2.00 e. The molecule has 2 fully saturated rings. The van der Waals surface area contributed by atoms with E-state index in [0.29, 0.717) is 23.7 Å². The van der Waals surface area contributed by atoms with Gasteiger partial charge in [-0.15, -0.1) is 0 Å². The monoisotopic (exact) mass is 898 g/mol. The standard InChI is InChI=1S/2C23H26P.2ClH.Fe.Pd/c2*1-17(2)20-13-7-9-15-22(20)24(19-11-5-6-12-19)23-16-10-8-14-21(23)18(3)4;;;;/h2*5-18H,1-4H3;2*1H;;/q;;;;2*+2/p-2. The third-order valence-electron chi connectivity index (χ3n) is 9.01. The molecule has 0 spiro atoms. The number of hydrogen-bond acceptors (Lipinski definition) is 0. The molecule has 0 N–H and O–H groups in total. The van der Waals surface area contributed by atoms with Crippen LogP contribution in [0.15, 0.2) is 97.1 Å². The average molecular weight is 900 g/mol. The predicted molar refractivity (Wildman–Crippen MR) is 227 cm³/mol. The van der Waals surface area contributed by atoms with Crippen LogP contribution in [-0.2, 0) is 33.0 Å². The summed E-state index contributed by atoms with van der Waals surface area (Å²) < 4.78 is 0. The van der Waals surface area contributed by atoms with Crippen LogP contribution in [0.4, 0.5) is 0 Å². The molecule has 6 heteroatoms. The Bertz CT molecular complexity index is 1390. The van der Waals surface area contributed by atoms with Gasteiger partial charge in [0.2, 0.25) is 0 Å². The minimum Gasteiger partial charge on any atom is 2.00 e. The van der Waals surface area contributed by atoms with Crippen LogP contribution in [0, 0.1) is 62.7 Å². The summed E-state index contributed by atoms with van der Waals surface area (Å²) in [6, 6.07) is 36.0. The van der Waals surface area contributed by atoms with Crippen LogP contribution in [-0.4, -0.2) is 0 Å². The minimum absolute atomic E-state index is 0. The molecule has 6 rings (SSSR count). The van der Waals surface area contributed by atoms with E-state index in [2.05, 4.69) is 204 Å². The van der Waals surface area contributed by atoms with Crippen LogP contribution >= 0.6 is 34.9 Å². The fraction of sp³-hybridized carbons (Fsp3) is 0.261. The van der Waals surface area contributed by atoms with Crippen LogP contribution in [0.3, 0.4) is 0 Å². The molecule has 0 nitrogen and oxygen atoms in total. The van der Waals surface area contributed by atoms with Crippen molar-refractivity contribution in [3.8, 4) is 0 Å². The number of hydrogen-bond donors (Lipinski definition) is 0. The zero-order valence-corrected chi connectivity index (χ0v) is 37.4. The molecule has 52 heavy (non-hydrogen) atoms. The van der Waals surface area contributed by atoms with E-state index in [4.69, 9.17) is 19.1 Å². The molecule has 0 bridgehead atoms. The van der Waals surface area contributed by atoms with Crippen LogP contribution in [0.25, 0.3) is 0 Å². The van der Waals surface area contributed by atoms with Crippen molar-refractivity contribution < 1.29 is 33.0 Å². The predicted octanol–water partition coefficient (Wildman–Crippen LogP) is 12.8. The number of halogens is 2. The van der Waals surface area contributed by atoms with Crippen molar-refractivity contribution in [1.29, 1.82) is 0 Å². The van der Waals surface area contributed by atoms with Crippen LogP contribution in [0.1, 0.15) is 101 Å². The molecule has 2 saturated carbocycles. The van der Waals surface area contributed by atoms with Crippen molar-refractivity contribution in [3.05, 3.63) is 182 Å². The van der Waals surface area contributed by atoms with Crippen LogP contribution in [0.5, 0.6) is 0 Å². The summed E-state index contributed by atoms with van der Waals surface area (Å²) >= 11 is -0.106. The third kappa shape index (κ3) is 12.2. The molecule has 0 heterocycles. The Morgan fingerprint density at radius 3 is 0.769 bits per heavy atom. The first-order valence-corrected chi connectivity index (χ1v) is 24.5. The van der Waals surface area contributed by atoms with Gasteiger partial charge in [-0.25, -0.2) is 0 Å². The minimum atomic E-state index is -0.515. The van der Waals surface area contributed by atoms with Crippen molar-refractivity contribution in [2.45, 2.75) is 79.1 Å². The van der Waals surface area contributed by atoms with Crippen LogP contribution < -0.4 is 21.2 Å². The maximum atomic E-state index is 4.81. The van der Waals surface area contributed by atoms with E-state index in [1.54, 1.807) is 0 Å². The fourth-order valence-corrected chi connectivity index (χ4v) is 12.4. The van der Waals surface area contributed by atoms with Gasteiger partial charge in [0.1, 0.15) is 0 Å². The van der Waals surface area contributed by atoms with Crippen molar-refractivity contribution in [3.63, 3.8) is 0 Å². The molecule has 0 unspecified atom stereocenters. The van der Waals surface area contributed by atoms with Crippen molar-refractivity contribution >= 4 is 56.1 Å². The maximum absolute atomic E-state index is 4.81. The molecule has 0 atom stereocenters. The summed E-state index contributed by atoms with van der Waals surface area (Å²) in [5, 5.41) is 6.01. The second-order valence-corrected chi connectivity index (χ2v) is 20.5. The topological polar surface area (TPSA) is 0 Å². The van der Waals surface area contributed by atoms with Crippen molar-refractivity contribution in [2.75, 3.05) is 0 Å². The van der Waals surface area contributed by atoms with E-state index < -0.39 is 15.8 Å². The van der Waals surface area contributed by atoms with E-state index in [1.165, 1.54) is 54.8 Å². The maximum Gasteiger partial charge on any atom is 2.00 e. The first kappa shape index (κ1) is 45.9. The van der Waals surface area contributed by atoms with Gasteiger partial charge in [-0.1, -0.05) is 152 Å². The van der Waals surface area contributed by atoms with E-state index in [0.717, 1.165) is 0 Å². The summed E-state index contributed by atoms with van der Waals surface area (Å²) in [5.74, 6) is 2.14. The van der Waals surface area contributed by atoms with Gasteiger partial charge < -0.3 is 0 Å². The molecule has 276 valence electrons. The molecule has 0 aromatic heterocycles. The van der Waals surface area contributed by atoms with Crippen molar-refractivity contribution in [2.24, 2.45) is 0 Å². The van der Waals surface area contributed by atoms with E-state index in [9.17, 15) is 0 Å². The Morgan fingerprint density at radius 2 is 0.577 bits per heavy atom. The average Bonchev–Trinajstić information content (AvgIpc) is 3.86. The van der Waals surface area contributed by atoms with Gasteiger partial charge in [-0.2, -0.15) is 0 Å². The van der Waals surface area contributed by atoms with E-state index in [-0.39, 0.29) is 33.0 Å². The SMILES string of the molecule is CC(C)c1ccccc1P([C]1[CH][CH][CH][CH]1)c1ccccc1C(C)C.CC(C)c1ccccc1P([C]1[CH][CH][CH][CH]1)c1ccccc1C(C)C.[Cl][Pd][Cl].[Fe+2]. The molecule has 0 saturated heterocycles. The Hall–Kier alpha value is -0.498. The number of rotatable bonds is 10. The quantitative estimate of drug-likeness (QED) is 0.110. The molecule has 2 aliphatic carbocycles. The first-order chi connectivity index (χ1) is 24.6. The number of benzene rings is 4. The summed E-state index contributed by atoms with van der Waals surface area (Å²) in [7, 11) is 8.60. The molecule has 4 aromatic rings. The summed E-state index contributed by atoms with van der Waals surface area (Å²) in [4.78, 5) is 0.